The van der Waals surface area contributed by atoms with Crippen LogP contribution in [0.2, 0.25) is 0 Å². The Kier molecular flexibility index (Phi) is 3.28. The van der Waals surface area contributed by atoms with E-state index in [9.17, 15) is 9.59 Å². The number of carbonyl (C=O) groups is 2. The summed E-state index contributed by atoms with van der Waals surface area (Å²) in [5.41, 5.74) is 1.95. The molecule has 4 heteroatoms. The smallest absolute Gasteiger partial charge is 0.257 e. The predicted octanol–water partition coefficient (Wildman–Crippen LogP) is 3.55. The average Bonchev–Trinajstić information content (AvgIpc) is 2.88. The maximum atomic E-state index is 12.4. The molecule has 0 aliphatic rings. The molecule has 3 aromatic rings. The lowest BCUT2D eigenvalue weighted by molar-refractivity contribution is 0.0941. The Balaban J connectivity index is 2.04. The first-order chi connectivity index (χ1) is 10.2. The highest BCUT2D eigenvalue weighted by Gasteiger charge is 2.16. The molecule has 1 N–H and O–H groups in total. The van der Waals surface area contributed by atoms with Gasteiger partial charge in [0.25, 0.3) is 5.91 Å². The van der Waals surface area contributed by atoms with E-state index in [0.29, 0.717) is 5.56 Å². The summed E-state index contributed by atoms with van der Waals surface area (Å²) in [7, 11) is 0. The van der Waals surface area contributed by atoms with Gasteiger partial charge in [0.05, 0.1) is 11.1 Å². The molecule has 0 atom stereocenters. The summed E-state index contributed by atoms with van der Waals surface area (Å²) in [5.74, 6) is -0.345. The van der Waals surface area contributed by atoms with Gasteiger partial charge in [-0.05, 0) is 18.2 Å². The normalized spacial score (nSPS) is 10.5. The van der Waals surface area contributed by atoms with Crippen molar-refractivity contribution >= 4 is 28.4 Å². The molecule has 0 fully saturated rings. The molecule has 0 aliphatic carbocycles. The zero-order chi connectivity index (χ0) is 14.8. The Labute approximate surface area is 122 Å². The molecular formula is C17H14N2O2. The standard InChI is InChI=1S/C17H14N2O2/c1-12(20)19-11-15(14-9-5-6-10-16(14)19)17(21)18-13-7-3-2-4-8-13/h2-11H,1H3,(H,18,21). The highest BCUT2D eigenvalue weighted by Crippen LogP contribution is 2.22. The van der Waals surface area contributed by atoms with Gasteiger partial charge in [-0.15, -0.1) is 0 Å². The molecule has 4 nitrogen and oxygen atoms in total. The number of anilines is 1. The number of amides is 1. The van der Waals surface area contributed by atoms with Crippen LogP contribution in [0.3, 0.4) is 0 Å². The van der Waals surface area contributed by atoms with E-state index in [-0.39, 0.29) is 11.8 Å². The first-order valence-corrected chi connectivity index (χ1v) is 6.64. The van der Waals surface area contributed by atoms with Gasteiger partial charge in [-0.3, -0.25) is 14.2 Å². The molecule has 0 saturated carbocycles. The highest BCUT2D eigenvalue weighted by molar-refractivity contribution is 6.14. The van der Waals surface area contributed by atoms with Crippen LogP contribution in [-0.4, -0.2) is 16.4 Å². The molecule has 1 heterocycles. The van der Waals surface area contributed by atoms with E-state index >= 15 is 0 Å². The van der Waals surface area contributed by atoms with E-state index in [4.69, 9.17) is 0 Å². The van der Waals surface area contributed by atoms with Gasteiger partial charge in [-0.2, -0.15) is 0 Å². The summed E-state index contributed by atoms with van der Waals surface area (Å²) in [4.78, 5) is 24.1. The zero-order valence-corrected chi connectivity index (χ0v) is 11.5. The van der Waals surface area contributed by atoms with E-state index in [1.165, 1.54) is 11.5 Å². The largest absolute Gasteiger partial charge is 0.322 e. The number of aromatic nitrogens is 1. The number of hydrogen-bond acceptors (Lipinski definition) is 2. The van der Waals surface area contributed by atoms with Crippen LogP contribution < -0.4 is 5.32 Å². The summed E-state index contributed by atoms with van der Waals surface area (Å²) < 4.78 is 1.50. The van der Waals surface area contributed by atoms with Crippen molar-refractivity contribution in [2.45, 2.75) is 6.92 Å². The van der Waals surface area contributed by atoms with Crippen molar-refractivity contribution in [1.29, 1.82) is 0 Å². The number of benzene rings is 2. The summed E-state index contributed by atoms with van der Waals surface area (Å²) in [5, 5.41) is 3.60. The topological polar surface area (TPSA) is 51.1 Å². The number of rotatable bonds is 2. The minimum atomic E-state index is -0.225. The number of hydrogen-bond donors (Lipinski definition) is 1. The number of nitrogens with one attached hydrogen (secondary N) is 1. The molecule has 1 aromatic heterocycles. The van der Waals surface area contributed by atoms with Crippen LogP contribution in [0.4, 0.5) is 5.69 Å². The second-order valence-electron chi connectivity index (χ2n) is 4.77. The van der Waals surface area contributed by atoms with Crippen LogP contribution in [0.15, 0.2) is 60.8 Å². The van der Waals surface area contributed by atoms with Crippen LogP contribution in [0.25, 0.3) is 10.9 Å². The Morgan fingerprint density at radius 1 is 0.952 bits per heavy atom. The van der Waals surface area contributed by atoms with E-state index in [0.717, 1.165) is 16.6 Å². The highest BCUT2D eigenvalue weighted by atomic mass is 16.2. The second-order valence-corrected chi connectivity index (χ2v) is 4.77. The minimum Gasteiger partial charge on any atom is -0.322 e. The van der Waals surface area contributed by atoms with Gasteiger partial charge < -0.3 is 5.32 Å². The first kappa shape index (κ1) is 13.1. The van der Waals surface area contributed by atoms with E-state index in [1.54, 1.807) is 6.20 Å². The maximum absolute atomic E-state index is 12.4. The number of para-hydroxylation sites is 2. The van der Waals surface area contributed by atoms with Crippen molar-refractivity contribution in [2.24, 2.45) is 0 Å². The zero-order valence-electron chi connectivity index (χ0n) is 11.5. The summed E-state index contributed by atoms with van der Waals surface area (Å²) in [6, 6.07) is 16.6. The third-order valence-corrected chi connectivity index (χ3v) is 3.33. The maximum Gasteiger partial charge on any atom is 0.257 e. The lowest BCUT2D eigenvalue weighted by atomic mass is 10.1. The quantitative estimate of drug-likeness (QED) is 0.779. The van der Waals surface area contributed by atoms with Crippen LogP contribution >= 0.6 is 0 Å². The number of fused-ring (bicyclic) bond motifs is 1. The molecule has 21 heavy (non-hydrogen) atoms. The molecule has 1 amide bonds. The summed E-state index contributed by atoms with van der Waals surface area (Å²) >= 11 is 0. The van der Waals surface area contributed by atoms with E-state index in [1.807, 2.05) is 54.6 Å². The SMILES string of the molecule is CC(=O)n1cc(C(=O)Nc2ccccc2)c2ccccc21. The lowest BCUT2D eigenvalue weighted by Gasteiger charge is -2.03. The first-order valence-electron chi connectivity index (χ1n) is 6.64. The molecular weight excluding hydrogens is 264 g/mol. The summed E-state index contributed by atoms with van der Waals surface area (Å²) in [6.07, 6.45) is 1.59. The van der Waals surface area contributed by atoms with Gasteiger partial charge in [0.1, 0.15) is 0 Å². The number of carbonyl (C=O) groups excluding carboxylic acids is 2. The fourth-order valence-corrected chi connectivity index (χ4v) is 2.34. The molecule has 104 valence electrons. The van der Waals surface area contributed by atoms with Crippen molar-refractivity contribution in [3.05, 3.63) is 66.4 Å². The van der Waals surface area contributed by atoms with E-state index < -0.39 is 0 Å². The Morgan fingerprint density at radius 3 is 2.33 bits per heavy atom. The third-order valence-electron chi connectivity index (χ3n) is 3.33. The van der Waals surface area contributed by atoms with Crippen molar-refractivity contribution in [3.63, 3.8) is 0 Å². The minimum absolute atomic E-state index is 0.120. The lowest BCUT2D eigenvalue weighted by Crippen LogP contribution is -2.11. The second kappa shape index (κ2) is 5.25. The van der Waals surface area contributed by atoms with Gasteiger partial charge in [-0.1, -0.05) is 36.4 Å². The van der Waals surface area contributed by atoms with Crippen LogP contribution in [-0.2, 0) is 0 Å². The number of nitrogens with zero attached hydrogens (tertiary/aromatic N) is 1. The molecule has 0 bridgehead atoms. The van der Waals surface area contributed by atoms with E-state index in [2.05, 4.69) is 5.32 Å². The molecule has 0 radical (unpaired) electrons. The van der Waals surface area contributed by atoms with Crippen LogP contribution in [0.1, 0.15) is 22.1 Å². The van der Waals surface area contributed by atoms with Gasteiger partial charge in [0.2, 0.25) is 5.91 Å². The van der Waals surface area contributed by atoms with Crippen LogP contribution in [0, 0.1) is 0 Å². The van der Waals surface area contributed by atoms with Gasteiger partial charge in [-0.25, -0.2) is 0 Å². The molecule has 0 saturated heterocycles. The molecule has 3 rings (SSSR count). The van der Waals surface area contributed by atoms with Gasteiger partial charge in [0.15, 0.2) is 0 Å². The molecule has 2 aromatic carbocycles. The van der Waals surface area contributed by atoms with Gasteiger partial charge in [0, 0.05) is 24.2 Å². The average molecular weight is 278 g/mol. The Bertz CT molecular complexity index is 819. The molecule has 0 aliphatic heterocycles. The van der Waals surface area contributed by atoms with Crippen molar-refractivity contribution in [2.75, 3.05) is 5.32 Å². The predicted molar refractivity (Wildman–Crippen MR) is 82.6 cm³/mol. The van der Waals surface area contributed by atoms with Crippen LogP contribution in [0.5, 0.6) is 0 Å². The third kappa shape index (κ3) is 2.43. The summed E-state index contributed by atoms with van der Waals surface area (Å²) in [6.45, 7) is 1.48. The molecule has 0 spiro atoms. The van der Waals surface area contributed by atoms with Crippen molar-refractivity contribution < 1.29 is 9.59 Å². The Morgan fingerprint density at radius 2 is 1.62 bits per heavy atom. The van der Waals surface area contributed by atoms with Crippen molar-refractivity contribution in [3.8, 4) is 0 Å². The monoisotopic (exact) mass is 278 g/mol. The van der Waals surface area contributed by atoms with Crippen molar-refractivity contribution in [1.82, 2.24) is 4.57 Å². The Hall–Kier alpha value is -2.88. The van der Waals surface area contributed by atoms with Gasteiger partial charge >= 0.3 is 0 Å². The molecule has 0 unspecified atom stereocenters. The fraction of sp³-hybridized carbons (Fsp3) is 0.0588. The fourth-order valence-electron chi connectivity index (χ4n) is 2.34.